The number of hydrogen-bond donors (Lipinski definition) is 2. The maximum atomic E-state index is 11.6. The van der Waals surface area contributed by atoms with Gasteiger partial charge in [0.25, 0.3) is 5.69 Å². The average Bonchev–Trinajstić information content (AvgIpc) is 3.23. The molecule has 11 heteroatoms. The highest BCUT2D eigenvalue weighted by molar-refractivity contribution is 8.00. The van der Waals surface area contributed by atoms with Crippen LogP contribution in [0.15, 0.2) is 137 Å². The maximum Gasteiger partial charge on any atom is 0.273 e. The Balaban J connectivity index is 1.40. The molecule has 2 aliphatic carbocycles. The monoisotopic (exact) mass is 790 g/mol. The highest BCUT2D eigenvalue weighted by Gasteiger charge is 2.64. The molecule has 7 rings (SSSR count). The van der Waals surface area contributed by atoms with E-state index in [1.54, 1.807) is 30.0 Å². The van der Waals surface area contributed by atoms with E-state index in [0.29, 0.717) is 43.1 Å². The van der Waals surface area contributed by atoms with Gasteiger partial charge in [0.2, 0.25) is 5.79 Å². The Hall–Kier alpha value is -4.94. The Bertz CT molecular complexity index is 2040. The summed E-state index contributed by atoms with van der Waals surface area (Å²) in [6.07, 6.45) is 9.40. The zero-order chi connectivity index (χ0) is 39.6. The molecule has 10 nitrogen and oxygen atoms in total. The molecule has 6 atom stereocenters. The number of hydrogen-bond acceptors (Lipinski definition) is 10. The van der Waals surface area contributed by atoms with Gasteiger partial charge in [0, 0.05) is 42.1 Å². The van der Waals surface area contributed by atoms with Gasteiger partial charge in [0.1, 0.15) is 23.9 Å². The van der Waals surface area contributed by atoms with Gasteiger partial charge in [-0.05, 0) is 85.1 Å². The van der Waals surface area contributed by atoms with Gasteiger partial charge in [-0.15, -0.1) is 18.3 Å². The predicted molar refractivity (Wildman–Crippen MR) is 222 cm³/mol. The predicted octanol–water partition coefficient (Wildman–Crippen LogP) is 10.0. The Labute approximate surface area is 338 Å². The van der Waals surface area contributed by atoms with Gasteiger partial charge >= 0.3 is 0 Å². The summed E-state index contributed by atoms with van der Waals surface area (Å²) in [5.74, 6) is 0.219. The molecule has 0 aromatic heterocycles. The number of benzene rings is 4. The lowest BCUT2D eigenvalue weighted by atomic mass is 9.56. The summed E-state index contributed by atoms with van der Waals surface area (Å²) in [4.78, 5) is 18.4. The molecule has 0 radical (unpaired) electrons. The van der Waals surface area contributed by atoms with Crippen LogP contribution in [0.1, 0.15) is 62.0 Å². The number of nitrogens with zero attached hydrogens (tertiary/aromatic N) is 2. The van der Waals surface area contributed by atoms with Crippen LogP contribution in [0.4, 0.5) is 5.69 Å². The number of non-ortho nitro benzene ring substituents is 1. The lowest BCUT2D eigenvalue weighted by molar-refractivity contribution is -0.384. The van der Waals surface area contributed by atoms with Crippen LogP contribution in [0.5, 0.6) is 17.2 Å². The quantitative estimate of drug-likeness (QED) is 0.0412. The van der Waals surface area contributed by atoms with Crippen LogP contribution in [0.2, 0.25) is 0 Å². The highest BCUT2D eigenvalue weighted by Crippen LogP contribution is 2.63. The summed E-state index contributed by atoms with van der Waals surface area (Å²) >= 11 is 1.71. The molecule has 1 saturated carbocycles. The zero-order valence-electron chi connectivity index (χ0n) is 32.0. The number of nitro benzene ring substituents is 1. The van der Waals surface area contributed by atoms with Gasteiger partial charge in [-0.2, -0.15) is 0 Å². The molecule has 1 fully saturated rings. The van der Waals surface area contributed by atoms with Crippen LogP contribution < -0.4 is 9.47 Å². The average molecular weight is 791 g/mol. The van der Waals surface area contributed by atoms with E-state index in [2.05, 4.69) is 24.8 Å². The van der Waals surface area contributed by atoms with Crippen molar-refractivity contribution in [3.8, 4) is 17.2 Å². The van der Waals surface area contributed by atoms with Crippen LogP contribution in [-0.2, 0) is 16.2 Å². The molecule has 0 amide bonds. The highest BCUT2D eigenvalue weighted by atomic mass is 32.2. The van der Waals surface area contributed by atoms with Crippen molar-refractivity contribution in [1.29, 1.82) is 0 Å². The van der Waals surface area contributed by atoms with E-state index in [-0.39, 0.29) is 54.4 Å². The van der Waals surface area contributed by atoms with E-state index in [1.165, 1.54) is 12.1 Å². The molecule has 0 unspecified atom stereocenters. The number of aliphatic hydroxyl groups is 2. The molecule has 3 aliphatic rings. The Morgan fingerprint density at radius 3 is 2.39 bits per heavy atom. The first-order valence-electron chi connectivity index (χ1n) is 19.8. The van der Waals surface area contributed by atoms with Gasteiger partial charge in [0.05, 0.1) is 34.5 Å². The molecule has 298 valence electrons. The molecule has 57 heavy (non-hydrogen) atoms. The Morgan fingerprint density at radius 2 is 1.65 bits per heavy atom. The fourth-order valence-corrected chi connectivity index (χ4v) is 10.0. The summed E-state index contributed by atoms with van der Waals surface area (Å²) < 4.78 is 20.6. The van der Waals surface area contributed by atoms with Gasteiger partial charge in [0.15, 0.2) is 0 Å². The van der Waals surface area contributed by atoms with Crippen molar-refractivity contribution in [1.82, 2.24) is 0 Å². The van der Waals surface area contributed by atoms with Crippen molar-refractivity contribution in [2.45, 2.75) is 73.4 Å². The number of thioether (sulfide) groups is 1. The van der Waals surface area contributed by atoms with Crippen LogP contribution in [0.25, 0.3) is 0 Å². The number of ether oxygens (including phenoxy) is 3. The van der Waals surface area contributed by atoms with Crippen molar-refractivity contribution in [2.24, 2.45) is 22.9 Å². The third-order valence-electron chi connectivity index (χ3n) is 11.2. The van der Waals surface area contributed by atoms with Gasteiger partial charge in [-0.25, -0.2) is 0 Å². The minimum Gasteiger partial charge on any atom is -0.460 e. The van der Waals surface area contributed by atoms with E-state index < -0.39 is 10.7 Å². The smallest absolute Gasteiger partial charge is 0.273 e. The topological polar surface area (TPSA) is 133 Å². The molecule has 0 spiro atoms. The minimum atomic E-state index is -1.13. The minimum absolute atomic E-state index is 0.0554. The van der Waals surface area contributed by atoms with Crippen molar-refractivity contribution >= 4 is 23.2 Å². The summed E-state index contributed by atoms with van der Waals surface area (Å²) in [7, 11) is 0. The largest absolute Gasteiger partial charge is 0.460 e. The van der Waals surface area contributed by atoms with E-state index in [9.17, 15) is 20.3 Å². The molecule has 4 aromatic carbocycles. The third kappa shape index (κ3) is 9.12. The van der Waals surface area contributed by atoms with E-state index in [0.717, 1.165) is 53.0 Å². The lowest BCUT2D eigenvalue weighted by Gasteiger charge is -2.58. The van der Waals surface area contributed by atoms with Crippen molar-refractivity contribution in [3.05, 3.63) is 149 Å². The molecule has 2 N–H and O–H groups in total. The Kier molecular flexibility index (Phi) is 13.4. The van der Waals surface area contributed by atoms with E-state index in [4.69, 9.17) is 24.2 Å². The number of allylic oxidation sites excluding steroid dienone is 1. The fourth-order valence-electron chi connectivity index (χ4n) is 8.71. The molecular formula is C46H50N2O8S. The van der Waals surface area contributed by atoms with Crippen LogP contribution in [-0.4, -0.2) is 51.7 Å². The number of nitro groups is 1. The lowest BCUT2D eigenvalue weighted by Crippen LogP contribution is -2.64. The van der Waals surface area contributed by atoms with Gasteiger partial charge < -0.3 is 29.3 Å². The maximum absolute atomic E-state index is 11.6. The normalized spacial score (nSPS) is 24.1. The number of oxime groups is 1. The number of unbranched alkanes of at least 4 members (excludes halogenated alkanes) is 2. The van der Waals surface area contributed by atoms with Crippen LogP contribution >= 0.6 is 11.8 Å². The fraction of sp³-hybridized carbons (Fsp3) is 0.370. The van der Waals surface area contributed by atoms with Gasteiger partial charge in [-0.1, -0.05) is 84.7 Å². The second kappa shape index (κ2) is 19.0. The third-order valence-corrected chi connectivity index (χ3v) is 12.5. The van der Waals surface area contributed by atoms with Crippen LogP contribution in [0.3, 0.4) is 0 Å². The van der Waals surface area contributed by atoms with Gasteiger partial charge in [-0.3, -0.25) is 10.1 Å². The number of aliphatic hydroxyl groups excluding tert-OH is 2. The molecule has 0 saturated heterocycles. The summed E-state index contributed by atoms with van der Waals surface area (Å²) in [5, 5.41) is 36.0. The summed E-state index contributed by atoms with van der Waals surface area (Å²) in [5.41, 5.74) is 3.81. The summed E-state index contributed by atoms with van der Waals surface area (Å²) in [6, 6.07) is 32.2. The first-order valence-corrected chi connectivity index (χ1v) is 20.7. The van der Waals surface area contributed by atoms with Crippen molar-refractivity contribution < 1.29 is 34.2 Å². The molecule has 0 bridgehead atoms. The molecule has 4 aromatic rings. The Morgan fingerprint density at radius 1 is 0.912 bits per heavy atom. The number of rotatable bonds is 19. The van der Waals surface area contributed by atoms with Crippen LogP contribution in [0, 0.1) is 27.9 Å². The first-order chi connectivity index (χ1) is 27.9. The SMILES string of the molecule is C=CCO[C@@]12Oc3ccc(Oc4cccc([N+](=O)[O-])c4)cc3[C@H]3[C@H](CCCCO)[C@@H](CCCCO)C=C(C(=NOCc4ccccc4)C[C@@H]1Sc1ccccc1)[C@H]32. The standard InChI is InChI=1S/C46H50N2O8S/c1-2-26-53-46-43(57-37-19-7-4-8-20-37)30-41(47-54-31-32-14-5-3-6-15-32)39-27-33(16-9-11-24-49)38(21-10-12-25-50)44(45(39)46)40-29-36(22-23-42(40)56-46)55-35-18-13-17-34(28-35)48(51)52/h2-8,13-15,17-20,22-23,27-29,33,38,43-45,49-50H,1,9-12,16,21,24-26,30-31H2/t33-,38+,43-,44+,45+,46+/m0/s1. The molecule has 1 heterocycles. The summed E-state index contributed by atoms with van der Waals surface area (Å²) in [6.45, 7) is 4.84. The molecule has 1 aliphatic heterocycles. The van der Waals surface area contributed by atoms with Crippen molar-refractivity contribution in [3.63, 3.8) is 0 Å². The second-order valence-electron chi connectivity index (χ2n) is 14.8. The van der Waals surface area contributed by atoms with Crippen molar-refractivity contribution in [2.75, 3.05) is 19.8 Å². The second-order valence-corrected chi connectivity index (χ2v) is 16.1. The molecular weight excluding hydrogens is 741 g/mol. The zero-order valence-corrected chi connectivity index (χ0v) is 32.8. The van der Waals surface area contributed by atoms with E-state index in [1.807, 2.05) is 66.7 Å². The van der Waals surface area contributed by atoms with E-state index >= 15 is 0 Å². The number of fused-ring (bicyclic) bond motifs is 2. The first kappa shape index (κ1) is 40.3.